The van der Waals surface area contributed by atoms with Crippen molar-refractivity contribution in [2.24, 2.45) is 4.99 Å². The van der Waals surface area contributed by atoms with Gasteiger partial charge in [-0.25, -0.2) is 4.99 Å². The van der Waals surface area contributed by atoms with E-state index in [9.17, 15) is 10.1 Å². The molecule has 0 unspecified atom stereocenters. The molecule has 2 aliphatic heterocycles. The number of carbonyl (C=O) groups excluding carboxylic acids is 1. The standard InChI is InChI=1S/C28H25N5O2S2/c1-4-30-21-14-11-19(16-29)15-22(21)31-28-33(17-18-9-12-20(35-3)13-10-18)26(34)25(37-28)27-32(2)23-7-5-6-8-24(23)36-27/h5-15,30H,4,17H2,1-3H3/b27-25-,31-28?. The Hall–Kier alpha value is -3.87. The molecule has 3 aromatic carbocycles. The van der Waals surface area contributed by atoms with Crippen LogP contribution in [0.2, 0.25) is 0 Å². The van der Waals surface area contributed by atoms with Gasteiger partial charge in [0.25, 0.3) is 5.91 Å². The number of anilines is 2. The summed E-state index contributed by atoms with van der Waals surface area (Å²) in [5.74, 6) is 0.663. The van der Waals surface area contributed by atoms with Crippen LogP contribution < -0.4 is 15.0 Å². The molecule has 0 bridgehead atoms. The van der Waals surface area contributed by atoms with Gasteiger partial charge in [-0.15, -0.1) is 0 Å². The molecule has 0 radical (unpaired) electrons. The van der Waals surface area contributed by atoms with E-state index in [1.165, 1.54) is 11.8 Å². The van der Waals surface area contributed by atoms with E-state index in [-0.39, 0.29) is 5.91 Å². The first-order valence-electron chi connectivity index (χ1n) is 11.8. The maximum absolute atomic E-state index is 13.9. The Labute approximate surface area is 224 Å². The third-order valence-electron chi connectivity index (χ3n) is 6.01. The summed E-state index contributed by atoms with van der Waals surface area (Å²) in [7, 11) is 3.61. The third-order valence-corrected chi connectivity index (χ3v) is 8.44. The highest BCUT2D eigenvalue weighted by Crippen LogP contribution is 2.50. The predicted octanol–water partition coefficient (Wildman–Crippen LogP) is 6.17. The van der Waals surface area contributed by atoms with Gasteiger partial charge in [0.05, 0.1) is 47.4 Å². The molecule has 3 aromatic rings. The number of carbonyl (C=O) groups is 1. The molecule has 2 heterocycles. The van der Waals surface area contributed by atoms with Crippen LogP contribution in [0.5, 0.6) is 5.75 Å². The third kappa shape index (κ3) is 4.90. The lowest BCUT2D eigenvalue weighted by Crippen LogP contribution is -2.29. The van der Waals surface area contributed by atoms with Crippen molar-refractivity contribution < 1.29 is 9.53 Å². The van der Waals surface area contributed by atoms with Gasteiger partial charge in [0.15, 0.2) is 5.17 Å². The summed E-state index contributed by atoms with van der Waals surface area (Å²) in [5, 5.41) is 14.2. The normalized spacial score (nSPS) is 17.8. The zero-order chi connectivity index (χ0) is 25.9. The lowest BCUT2D eigenvalue weighted by atomic mass is 10.2. The van der Waals surface area contributed by atoms with E-state index < -0.39 is 0 Å². The summed E-state index contributed by atoms with van der Waals surface area (Å²) in [5.41, 5.74) is 3.98. The van der Waals surface area contributed by atoms with Gasteiger partial charge in [0.1, 0.15) is 10.7 Å². The van der Waals surface area contributed by atoms with Crippen LogP contribution in [-0.4, -0.2) is 36.7 Å². The molecule has 1 amide bonds. The molecule has 186 valence electrons. The van der Waals surface area contributed by atoms with E-state index in [4.69, 9.17) is 9.73 Å². The number of methoxy groups -OCH3 is 1. The number of hydrogen-bond donors (Lipinski definition) is 1. The molecule has 0 aliphatic carbocycles. The lowest BCUT2D eigenvalue weighted by molar-refractivity contribution is -0.122. The van der Waals surface area contributed by atoms with Crippen molar-refractivity contribution in [1.29, 1.82) is 5.26 Å². The second-order valence-electron chi connectivity index (χ2n) is 8.37. The fraction of sp³-hybridized carbons (Fsp3) is 0.179. The van der Waals surface area contributed by atoms with Gasteiger partial charge < -0.3 is 15.0 Å². The summed E-state index contributed by atoms with van der Waals surface area (Å²) in [4.78, 5) is 24.3. The molecule has 7 nitrogen and oxygen atoms in total. The van der Waals surface area contributed by atoms with Gasteiger partial charge in [-0.2, -0.15) is 5.26 Å². The van der Waals surface area contributed by atoms with E-state index in [1.807, 2.05) is 56.4 Å². The number of benzene rings is 3. The molecule has 1 fully saturated rings. The number of hydrogen-bond acceptors (Lipinski definition) is 8. The molecular formula is C28H25N5O2S2. The highest BCUT2D eigenvalue weighted by atomic mass is 32.2. The van der Waals surface area contributed by atoms with Crippen molar-refractivity contribution in [3.63, 3.8) is 0 Å². The molecule has 2 aliphatic rings. The Kier molecular flexibility index (Phi) is 7.12. The summed E-state index contributed by atoms with van der Waals surface area (Å²) < 4.78 is 5.29. The van der Waals surface area contributed by atoms with E-state index >= 15 is 0 Å². The number of thioether (sulfide) groups is 2. The van der Waals surface area contributed by atoms with Gasteiger partial charge in [0, 0.05) is 18.5 Å². The number of nitrogens with one attached hydrogen (secondary N) is 1. The minimum Gasteiger partial charge on any atom is -0.497 e. The SMILES string of the molecule is CCNc1ccc(C#N)cc1N=C1S/C(=C2\Sc3ccccc3N2C)C(=O)N1Cc1ccc(OC)cc1. The van der Waals surface area contributed by atoms with Gasteiger partial charge in [-0.3, -0.25) is 9.69 Å². The van der Waals surface area contributed by atoms with Crippen LogP contribution in [0.25, 0.3) is 0 Å². The van der Waals surface area contributed by atoms with Crippen LogP contribution in [0.15, 0.2) is 86.6 Å². The van der Waals surface area contributed by atoms with Crippen molar-refractivity contribution in [1.82, 2.24) is 4.90 Å². The molecule has 37 heavy (non-hydrogen) atoms. The van der Waals surface area contributed by atoms with Crippen LogP contribution in [-0.2, 0) is 11.3 Å². The molecule has 0 aromatic heterocycles. The summed E-state index contributed by atoms with van der Waals surface area (Å²) in [6, 6.07) is 23.3. The fourth-order valence-corrected chi connectivity index (χ4v) is 6.44. The summed E-state index contributed by atoms with van der Waals surface area (Å²) >= 11 is 2.96. The first-order chi connectivity index (χ1) is 18.0. The highest BCUT2D eigenvalue weighted by Gasteiger charge is 2.39. The first kappa shape index (κ1) is 24.8. The summed E-state index contributed by atoms with van der Waals surface area (Å²) in [6.45, 7) is 3.08. The number of amidine groups is 1. The van der Waals surface area contributed by atoms with Gasteiger partial charge in [0.2, 0.25) is 0 Å². The Bertz CT molecular complexity index is 1460. The predicted molar refractivity (Wildman–Crippen MR) is 151 cm³/mol. The maximum Gasteiger partial charge on any atom is 0.269 e. The first-order valence-corrected chi connectivity index (χ1v) is 13.4. The largest absolute Gasteiger partial charge is 0.497 e. The Morgan fingerprint density at radius 3 is 2.57 bits per heavy atom. The van der Waals surface area contributed by atoms with Crippen LogP contribution in [0.1, 0.15) is 18.1 Å². The van der Waals surface area contributed by atoms with Gasteiger partial charge in [-0.05, 0) is 66.7 Å². The van der Waals surface area contributed by atoms with E-state index in [0.29, 0.717) is 34.4 Å². The van der Waals surface area contributed by atoms with E-state index in [0.717, 1.165) is 32.6 Å². The monoisotopic (exact) mass is 527 g/mol. The van der Waals surface area contributed by atoms with Crippen LogP contribution in [0.3, 0.4) is 0 Å². The zero-order valence-electron chi connectivity index (χ0n) is 20.7. The van der Waals surface area contributed by atoms with E-state index in [2.05, 4.69) is 28.4 Å². The average molecular weight is 528 g/mol. The number of nitrogens with zero attached hydrogens (tertiary/aromatic N) is 4. The number of rotatable bonds is 6. The number of nitriles is 1. The van der Waals surface area contributed by atoms with E-state index in [1.54, 1.807) is 35.9 Å². The molecule has 9 heteroatoms. The number of fused-ring (bicyclic) bond motifs is 1. The average Bonchev–Trinajstić information content (AvgIpc) is 3.41. The molecule has 1 N–H and O–H groups in total. The van der Waals surface area contributed by atoms with Crippen molar-refractivity contribution in [3.05, 3.63) is 87.8 Å². The Morgan fingerprint density at radius 2 is 1.86 bits per heavy atom. The van der Waals surface area contributed by atoms with Crippen molar-refractivity contribution >= 4 is 51.7 Å². The van der Waals surface area contributed by atoms with Crippen LogP contribution in [0, 0.1) is 11.3 Å². The molecule has 1 saturated heterocycles. The minimum absolute atomic E-state index is 0.0943. The number of para-hydroxylation sites is 1. The molecule has 0 atom stereocenters. The highest BCUT2D eigenvalue weighted by molar-refractivity contribution is 8.19. The minimum atomic E-state index is -0.0943. The Balaban J connectivity index is 1.58. The topological polar surface area (TPSA) is 81.0 Å². The number of ether oxygens (including phenoxy) is 1. The van der Waals surface area contributed by atoms with Crippen LogP contribution >= 0.6 is 23.5 Å². The fourth-order valence-electron chi connectivity index (χ4n) is 4.11. The molecular weight excluding hydrogens is 502 g/mol. The molecule has 0 saturated carbocycles. The lowest BCUT2D eigenvalue weighted by Gasteiger charge is -2.17. The second-order valence-corrected chi connectivity index (χ2v) is 10.4. The molecule has 0 spiro atoms. The number of aliphatic imine (C=N–C) groups is 1. The van der Waals surface area contributed by atoms with Crippen molar-refractivity contribution in [2.45, 2.75) is 18.4 Å². The molecule has 5 rings (SSSR count). The maximum atomic E-state index is 13.9. The Morgan fingerprint density at radius 1 is 1.08 bits per heavy atom. The zero-order valence-corrected chi connectivity index (χ0v) is 22.3. The van der Waals surface area contributed by atoms with Gasteiger partial charge in [-0.1, -0.05) is 36.0 Å². The quantitative estimate of drug-likeness (QED) is 0.384. The van der Waals surface area contributed by atoms with Crippen molar-refractivity contribution in [2.75, 3.05) is 30.9 Å². The van der Waals surface area contributed by atoms with Crippen molar-refractivity contribution in [3.8, 4) is 11.8 Å². The second kappa shape index (κ2) is 10.6. The summed E-state index contributed by atoms with van der Waals surface area (Å²) in [6.07, 6.45) is 0. The smallest absolute Gasteiger partial charge is 0.269 e. The number of amides is 1. The van der Waals surface area contributed by atoms with Crippen LogP contribution in [0.4, 0.5) is 17.1 Å². The van der Waals surface area contributed by atoms with Gasteiger partial charge >= 0.3 is 0 Å².